The number of rotatable bonds is 5. The Labute approximate surface area is 119 Å². The predicted octanol–water partition coefficient (Wildman–Crippen LogP) is 1.68. The smallest absolute Gasteiger partial charge is 0.287 e. The summed E-state index contributed by atoms with van der Waals surface area (Å²) >= 11 is 0. The first kappa shape index (κ1) is 15.0. The van der Waals surface area contributed by atoms with Gasteiger partial charge in [-0.1, -0.05) is 24.9 Å². The van der Waals surface area contributed by atoms with Crippen molar-refractivity contribution < 1.29 is 9.32 Å². The molecule has 0 aromatic carbocycles. The molecule has 1 fully saturated rings. The van der Waals surface area contributed by atoms with E-state index in [0.717, 1.165) is 24.8 Å². The van der Waals surface area contributed by atoms with Crippen molar-refractivity contribution in [3.8, 4) is 0 Å². The largest absolute Gasteiger partial charge is 0.359 e. The van der Waals surface area contributed by atoms with Crippen molar-refractivity contribution in [1.29, 1.82) is 0 Å². The average molecular weight is 280 g/mol. The van der Waals surface area contributed by atoms with Gasteiger partial charge in [-0.25, -0.2) is 5.84 Å². The molecule has 1 amide bonds. The number of hydrazine groups is 1. The van der Waals surface area contributed by atoms with Gasteiger partial charge in [-0.05, 0) is 38.3 Å². The molecule has 0 saturated carbocycles. The van der Waals surface area contributed by atoms with E-state index in [1.54, 1.807) is 6.07 Å². The number of nitrogens with one attached hydrogen (secondary N) is 1. The number of nitrogens with zero attached hydrogens (tertiary/aromatic N) is 2. The third kappa shape index (κ3) is 4.05. The standard InChI is InChI=1S/C14H24N4O2/c1-2-4-11-5-3-7-18(8-6-11)10-12-9-13(17-20-12)14(19)16-15/h9,11H,2-8,10,15H2,1H3,(H,16,19). The molecule has 0 bridgehead atoms. The first-order valence-corrected chi connectivity index (χ1v) is 7.41. The highest BCUT2D eigenvalue weighted by Crippen LogP contribution is 2.22. The summed E-state index contributed by atoms with van der Waals surface area (Å²) in [4.78, 5) is 13.7. The van der Waals surface area contributed by atoms with Crippen molar-refractivity contribution in [2.75, 3.05) is 13.1 Å². The molecule has 20 heavy (non-hydrogen) atoms. The van der Waals surface area contributed by atoms with Crippen molar-refractivity contribution in [2.24, 2.45) is 11.8 Å². The predicted molar refractivity (Wildman–Crippen MR) is 75.7 cm³/mol. The topological polar surface area (TPSA) is 84.4 Å². The monoisotopic (exact) mass is 280 g/mol. The van der Waals surface area contributed by atoms with Gasteiger partial charge in [0.05, 0.1) is 6.54 Å². The Bertz CT molecular complexity index is 433. The Kier molecular flexibility index (Phi) is 5.55. The number of nitrogens with two attached hydrogens (primary N) is 1. The van der Waals surface area contributed by atoms with E-state index in [4.69, 9.17) is 10.4 Å². The fraction of sp³-hybridized carbons (Fsp3) is 0.714. The summed E-state index contributed by atoms with van der Waals surface area (Å²) in [6, 6.07) is 1.66. The minimum absolute atomic E-state index is 0.237. The number of carbonyl (C=O) groups excluding carboxylic acids is 1. The number of likely N-dealkylation sites (tertiary alicyclic amines) is 1. The van der Waals surface area contributed by atoms with E-state index in [1.807, 2.05) is 0 Å². The number of amides is 1. The van der Waals surface area contributed by atoms with Gasteiger partial charge in [-0.2, -0.15) is 0 Å². The Balaban J connectivity index is 1.87. The van der Waals surface area contributed by atoms with E-state index in [9.17, 15) is 4.79 Å². The summed E-state index contributed by atoms with van der Waals surface area (Å²) in [6.07, 6.45) is 6.40. The van der Waals surface area contributed by atoms with Crippen LogP contribution in [-0.4, -0.2) is 29.1 Å². The molecule has 1 atom stereocenters. The molecule has 1 aromatic rings. The summed E-state index contributed by atoms with van der Waals surface area (Å²) in [6.45, 7) is 5.13. The third-order valence-corrected chi connectivity index (χ3v) is 3.94. The van der Waals surface area contributed by atoms with Crippen molar-refractivity contribution in [3.05, 3.63) is 17.5 Å². The molecule has 0 spiro atoms. The van der Waals surface area contributed by atoms with Gasteiger partial charge in [0.15, 0.2) is 11.5 Å². The summed E-state index contributed by atoms with van der Waals surface area (Å²) in [5, 5.41) is 3.73. The van der Waals surface area contributed by atoms with Crippen LogP contribution in [-0.2, 0) is 6.54 Å². The zero-order chi connectivity index (χ0) is 14.4. The van der Waals surface area contributed by atoms with Gasteiger partial charge in [0.25, 0.3) is 5.91 Å². The third-order valence-electron chi connectivity index (χ3n) is 3.94. The lowest BCUT2D eigenvalue weighted by Gasteiger charge is -2.18. The van der Waals surface area contributed by atoms with Crippen molar-refractivity contribution in [1.82, 2.24) is 15.5 Å². The van der Waals surface area contributed by atoms with E-state index in [1.165, 1.54) is 32.1 Å². The maximum Gasteiger partial charge on any atom is 0.287 e. The molecular formula is C14H24N4O2. The summed E-state index contributed by atoms with van der Waals surface area (Å²) in [5.41, 5.74) is 2.29. The Morgan fingerprint density at radius 3 is 3.15 bits per heavy atom. The van der Waals surface area contributed by atoms with Crippen LogP contribution >= 0.6 is 0 Å². The highest BCUT2D eigenvalue weighted by Gasteiger charge is 2.18. The second-order valence-electron chi connectivity index (χ2n) is 5.51. The molecule has 2 heterocycles. The van der Waals surface area contributed by atoms with Gasteiger partial charge in [0, 0.05) is 6.07 Å². The number of aromatic nitrogens is 1. The fourth-order valence-corrected chi connectivity index (χ4v) is 2.87. The van der Waals surface area contributed by atoms with Crippen LogP contribution in [0, 0.1) is 5.92 Å². The summed E-state index contributed by atoms with van der Waals surface area (Å²) in [5.74, 6) is 6.23. The van der Waals surface area contributed by atoms with Crippen molar-refractivity contribution >= 4 is 5.91 Å². The second kappa shape index (κ2) is 7.40. The lowest BCUT2D eigenvalue weighted by Crippen LogP contribution is -2.30. The maximum atomic E-state index is 11.3. The average Bonchev–Trinajstić information content (AvgIpc) is 2.80. The minimum Gasteiger partial charge on any atom is -0.359 e. The molecule has 2 rings (SSSR count). The van der Waals surface area contributed by atoms with Gasteiger partial charge in [0.2, 0.25) is 0 Å². The molecule has 6 nitrogen and oxygen atoms in total. The number of nitrogen functional groups attached to an aromatic ring is 1. The zero-order valence-corrected chi connectivity index (χ0v) is 12.1. The number of carbonyl (C=O) groups is 1. The van der Waals surface area contributed by atoms with Gasteiger partial charge in [-0.15, -0.1) is 0 Å². The normalized spacial score (nSPS) is 20.6. The second-order valence-corrected chi connectivity index (χ2v) is 5.51. The van der Waals surface area contributed by atoms with Gasteiger partial charge >= 0.3 is 0 Å². The molecular weight excluding hydrogens is 256 g/mol. The molecule has 1 aromatic heterocycles. The van der Waals surface area contributed by atoms with Crippen molar-refractivity contribution in [3.63, 3.8) is 0 Å². The van der Waals surface area contributed by atoms with Crippen LogP contribution in [0.3, 0.4) is 0 Å². The van der Waals surface area contributed by atoms with E-state index in [2.05, 4.69) is 22.4 Å². The Morgan fingerprint density at radius 1 is 1.55 bits per heavy atom. The SMILES string of the molecule is CCCC1CCCN(Cc2cc(C(=O)NN)no2)CC1. The maximum absolute atomic E-state index is 11.3. The Hall–Kier alpha value is -1.40. The molecule has 3 N–H and O–H groups in total. The fourth-order valence-electron chi connectivity index (χ4n) is 2.87. The molecule has 0 radical (unpaired) electrons. The quantitative estimate of drug-likeness (QED) is 0.487. The van der Waals surface area contributed by atoms with Crippen LogP contribution in [0.15, 0.2) is 10.6 Å². The minimum atomic E-state index is -0.418. The number of hydrogen-bond donors (Lipinski definition) is 2. The van der Waals surface area contributed by atoms with Crippen LogP contribution < -0.4 is 11.3 Å². The molecule has 1 aliphatic rings. The van der Waals surface area contributed by atoms with Crippen LogP contribution in [0.5, 0.6) is 0 Å². The molecule has 112 valence electrons. The van der Waals surface area contributed by atoms with Crippen LogP contribution in [0.4, 0.5) is 0 Å². The van der Waals surface area contributed by atoms with Crippen LogP contribution in [0.2, 0.25) is 0 Å². The molecule has 1 saturated heterocycles. The number of hydrogen-bond acceptors (Lipinski definition) is 5. The Morgan fingerprint density at radius 2 is 2.40 bits per heavy atom. The lowest BCUT2D eigenvalue weighted by atomic mass is 9.96. The van der Waals surface area contributed by atoms with Crippen LogP contribution in [0.25, 0.3) is 0 Å². The van der Waals surface area contributed by atoms with Gasteiger partial charge in [0.1, 0.15) is 0 Å². The highest BCUT2D eigenvalue weighted by atomic mass is 16.5. The first-order chi connectivity index (χ1) is 9.72. The van der Waals surface area contributed by atoms with Gasteiger partial charge in [-0.3, -0.25) is 15.1 Å². The highest BCUT2D eigenvalue weighted by molar-refractivity contribution is 5.91. The van der Waals surface area contributed by atoms with Crippen LogP contribution in [0.1, 0.15) is 55.3 Å². The van der Waals surface area contributed by atoms with E-state index in [0.29, 0.717) is 6.54 Å². The molecule has 1 unspecified atom stereocenters. The van der Waals surface area contributed by atoms with Crippen molar-refractivity contribution in [2.45, 2.75) is 45.6 Å². The summed E-state index contributed by atoms with van der Waals surface area (Å²) in [7, 11) is 0. The first-order valence-electron chi connectivity index (χ1n) is 7.41. The molecule has 1 aliphatic heterocycles. The lowest BCUT2D eigenvalue weighted by molar-refractivity contribution is 0.0944. The van der Waals surface area contributed by atoms with Gasteiger partial charge < -0.3 is 4.52 Å². The molecule has 0 aliphatic carbocycles. The van der Waals surface area contributed by atoms with E-state index in [-0.39, 0.29) is 5.69 Å². The summed E-state index contributed by atoms with van der Waals surface area (Å²) < 4.78 is 5.20. The van der Waals surface area contributed by atoms with E-state index < -0.39 is 5.91 Å². The zero-order valence-electron chi connectivity index (χ0n) is 12.1. The molecule has 6 heteroatoms. The van der Waals surface area contributed by atoms with E-state index >= 15 is 0 Å².